The van der Waals surface area contributed by atoms with E-state index in [1.807, 2.05) is 11.8 Å². The molecular weight excluding hydrogens is 449 g/mol. The first-order valence-corrected chi connectivity index (χ1v) is 12.0. The highest BCUT2D eigenvalue weighted by Gasteiger charge is 2.47. The Labute approximate surface area is 197 Å². The van der Waals surface area contributed by atoms with Crippen LogP contribution in [0.5, 0.6) is 5.75 Å². The summed E-state index contributed by atoms with van der Waals surface area (Å²) in [7, 11) is 1.70. The van der Waals surface area contributed by atoms with E-state index >= 15 is 0 Å². The van der Waals surface area contributed by atoms with Gasteiger partial charge in [-0.15, -0.1) is 0 Å². The third-order valence-corrected chi connectivity index (χ3v) is 7.55. The highest BCUT2D eigenvalue weighted by molar-refractivity contribution is 6.32. The minimum absolute atomic E-state index is 0.00733. The molecule has 2 atom stereocenters. The maximum absolute atomic E-state index is 14.8. The van der Waals surface area contributed by atoms with Crippen molar-refractivity contribution in [1.82, 2.24) is 4.98 Å². The molecule has 178 valence electrons. The summed E-state index contributed by atoms with van der Waals surface area (Å²) in [4.78, 5) is 19.3. The summed E-state index contributed by atoms with van der Waals surface area (Å²) in [5.74, 6) is 0.899. The van der Waals surface area contributed by atoms with E-state index in [0.717, 1.165) is 31.1 Å². The van der Waals surface area contributed by atoms with Gasteiger partial charge in [-0.1, -0.05) is 25.4 Å². The van der Waals surface area contributed by atoms with E-state index in [0.29, 0.717) is 31.3 Å². The molecule has 9 heteroatoms. The highest BCUT2D eigenvalue weighted by Crippen LogP contribution is 2.53. The van der Waals surface area contributed by atoms with E-state index in [9.17, 15) is 9.18 Å². The summed E-state index contributed by atoms with van der Waals surface area (Å²) in [5, 5.41) is 2.83. The number of nitrogens with zero attached hydrogens (tertiary/aromatic N) is 2. The van der Waals surface area contributed by atoms with Crippen molar-refractivity contribution in [1.29, 1.82) is 0 Å². The first-order valence-electron chi connectivity index (χ1n) is 11.6. The van der Waals surface area contributed by atoms with Crippen LogP contribution in [0, 0.1) is 17.7 Å². The van der Waals surface area contributed by atoms with E-state index < -0.39 is 11.7 Å². The lowest BCUT2D eigenvalue weighted by atomic mass is 9.91. The molecular formula is C24H29ClFN3O4. The lowest BCUT2D eigenvalue weighted by Crippen LogP contribution is -2.62. The Morgan fingerprint density at radius 1 is 1.30 bits per heavy atom. The van der Waals surface area contributed by atoms with Gasteiger partial charge in [-0.2, -0.15) is 4.98 Å². The van der Waals surface area contributed by atoms with Crippen LogP contribution < -0.4 is 15.0 Å². The standard InChI is InChI=1S/C24H29ClFN3O4/c1-4-19-20(28-23(33-19)29-11-24(5-2,12-29)31-3)22(30)27-15-9-17(25)21(18(26)10-15)32-16-7-13-6-14(13)8-16/h9-10,13-14,16H,4-8,11-12H2,1-3H3,(H,27,30). The number of nitrogens with one attached hydrogen (secondary N) is 1. The maximum atomic E-state index is 14.8. The molecule has 1 amide bonds. The quantitative estimate of drug-likeness (QED) is 0.571. The average molecular weight is 478 g/mol. The molecule has 0 spiro atoms. The molecule has 1 aromatic heterocycles. The predicted octanol–water partition coefficient (Wildman–Crippen LogP) is 5.07. The van der Waals surface area contributed by atoms with Crippen LogP contribution >= 0.6 is 11.6 Å². The monoisotopic (exact) mass is 477 g/mol. The number of anilines is 2. The van der Waals surface area contributed by atoms with Gasteiger partial charge < -0.3 is 24.1 Å². The van der Waals surface area contributed by atoms with Gasteiger partial charge in [0.05, 0.1) is 24.2 Å². The summed E-state index contributed by atoms with van der Waals surface area (Å²) in [5.41, 5.74) is 0.213. The van der Waals surface area contributed by atoms with Crippen molar-refractivity contribution in [2.45, 2.75) is 57.7 Å². The van der Waals surface area contributed by atoms with Gasteiger partial charge >= 0.3 is 0 Å². The van der Waals surface area contributed by atoms with Crippen molar-refractivity contribution in [2.75, 3.05) is 30.4 Å². The number of amides is 1. The first-order chi connectivity index (χ1) is 15.8. The van der Waals surface area contributed by atoms with Gasteiger partial charge in [-0.05, 0) is 43.6 Å². The number of carbonyl (C=O) groups is 1. The number of oxazole rings is 1. The SMILES string of the molecule is CCc1oc(N2CC(CC)(OC)C2)nc1C(=O)Nc1cc(F)c(OC2CC3CC3C2)c(Cl)c1. The van der Waals surface area contributed by atoms with Crippen molar-refractivity contribution in [3.63, 3.8) is 0 Å². The van der Waals surface area contributed by atoms with Crippen molar-refractivity contribution in [2.24, 2.45) is 11.8 Å². The molecule has 2 aromatic rings. The molecule has 0 radical (unpaired) electrons. The second-order valence-corrected chi connectivity index (χ2v) is 9.82. The fourth-order valence-electron chi connectivity index (χ4n) is 5.03. The van der Waals surface area contributed by atoms with Crippen LogP contribution in [0.3, 0.4) is 0 Å². The molecule has 2 aliphatic carbocycles. The minimum atomic E-state index is -0.592. The van der Waals surface area contributed by atoms with Crippen LogP contribution in [0.25, 0.3) is 0 Å². The van der Waals surface area contributed by atoms with Gasteiger partial charge in [0.1, 0.15) is 11.4 Å². The molecule has 3 aliphatic rings. The lowest BCUT2D eigenvalue weighted by molar-refractivity contribution is -0.0379. The van der Waals surface area contributed by atoms with Gasteiger partial charge in [0, 0.05) is 25.3 Å². The zero-order chi connectivity index (χ0) is 23.3. The van der Waals surface area contributed by atoms with Gasteiger partial charge in [0.25, 0.3) is 11.9 Å². The summed E-state index contributed by atoms with van der Waals surface area (Å²) >= 11 is 6.31. The van der Waals surface area contributed by atoms with Crippen LogP contribution in [-0.2, 0) is 11.2 Å². The Balaban J connectivity index is 1.28. The second-order valence-electron chi connectivity index (χ2n) is 9.41. The molecule has 5 rings (SSSR count). The number of fused-ring (bicyclic) bond motifs is 1. The summed E-state index contributed by atoms with van der Waals surface area (Å²) in [6.45, 7) is 5.26. The van der Waals surface area contributed by atoms with Crippen molar-refractivity contribution < 1.29 is 23.1 Å². The molecule has 0 bridgehead atoms. The molecule has 3 fully saturated rings. The molecule has 2 unspecified atom stereocenters. The summed E-state index contributed by atoms with van der Waals surface area (Å²) < 4.78 is 32.0. The highest BCUT2D eigenvalue weighted by atomic mass is 35.5. The second kappa shape index (κ2) is 8.47. The average Bonchev–Trinajstić information content (AvgIpc) is 3.18. The van der Waals surface area contributed by atoms with E-state index in [2.05, 4.69) is 17.2 Å². The zero-order valence-electron chi connectivity index (χ0n) is 19.1. The van der Waals surface area contributed by atoms with Gasteiger partial charge in [0.2, 0.25) is 0 Å². The van der Waals surface area contributed by atoms with Crippen molar-refractivity contribution >= 4 is 29.2 Å². The van der Waals surface area contributed by atoms with Crippen molar-refractivity contribution in [3.05, 3.63) is 34.4 Å². The normalized spacial score (nSPS) is 24.9. The molecule has 7 nitrogen and oxygen atoms in total. The number of halogens is 2. The number of methoxy groups -OCH3 is 1. The number of hydrogen-bond acceptors (Lipinski definition) is 6. The summed E-state index contributed by atoms with van der Waals surface area (Å²) in [6, 6.07) is 3.12. The Bertz CT molecular complexity index is 1030. The van der Waals surface area contributed by atoms with Crippen LogP contribution in [0.4, 0.5) is 16.1 Å². The predicted molar refractivity (Wildman–Crippen MR) is 123 cm³/mol. The molecule has 1 N–H and O–H groups in total. The van der Waals surface area contributed by atoms with Gasteiger partial charge in [-0.3, -0.25) is 4.79 Å². The topological polar surface area (TPSA) is 76.8 Å². The van der Waals surface area contributed by atoms with E-state index in [1.165, 1.54) is 18.6 Å². The van der Waals surface area contributed by atoms with Crippen LogP contribution in [-0.4, -0.2) is 42.8 Å². The fraction of sp³-hybridized carbons (Fsp3) is 0.583. The molecule has 2 saturated carbocycles. The van der Waals surface area contributed by atoms with E-state index in [-0.39, 0.29) is 33.9 Å². The third-order valence-electron chi connectivity index (χ3n) is 7.27. The number of ether oxygens (including phenoxy) is 2. The third kappa shape index (κ3) is 4.19. The smallest absolute Gasteiger partial charge is 0.298 e. The Morgan fingerprint density at radius 2 is 2.03 bits per heavy atom. The van der Waals surface area contributed by atoms with Crippen LogP contribution in [0.2, 0.25) is 5.02 Å². The Morgan fingerprint density at radius 3 is 2.64 bits per heavy atom. The number of rotatable bonds is 8. The number of benzene rings is 1. The largest absolute Gasteiger partial charge is 0.486 e. The minimum Gasteiger partial charge on any atom is -0.486 e. The number of aryl methyl sites for hydroxylation is 1. The number of hydrogen-bond donors (Lipinski definition) is 1. The van der Waals surface area contributed by atoms with Gasteiger partial charge in [0.15, 0.2) is 17.3 Å². The van der Waals surface area contributed by atoms with Gasteiger partial charge in [-0.25, -0.2) is 4.39 Å². The molecule has 1 aliphatic heterocycles. The Hall–Kier alpha value is -2.32. The molecule has 2 heterocycles. The summed E-state index contributed by atoms with van der Waals surface area (Å²) in [6.07, 6.45) is 4.55. The zero-order valence-corrected chi connectivity index (χ0v) is 19.9. The molecule has 33 heavy (non-hydrogen) atoms. The Kier molecular flexibility index (Phi) is 5.77. The van der Waals surface area contributed by atoms with Crippen LogP contribution in [0.15, 0.2) is 16.5 Å². The fourth-order valence-corrected chi connectivity index (χ4v) is 5.28. The van der Waals surface area contributed by atoms with E-state index in [1.54, 1.807) is 7.11 Å². The number of carbonyl (C=O) groups excluding carboxylic acids is 1. The first kappa shape index (κ1) is 22.5. The van der Waals surface area contributed by atoms with Crippen molar-refractivity contribution in [3.8, 4) is 5.75 Å². The van der Waals surface area contributed by atoms with E-state index in [4.69, 9.17) is 25.5 Å². The number of aromatic nitrogens is 1. The lowest BCUT2D eigenvalue weighted by Gasteiger charge is -2.47. The molecule has 1 aromatic carbocycles. The van der Waals surface area contributed by atoms with Crippen LogP contribution in [0.1, 0.15) is 55.8 Å². The molecule has 1 saturated heterocycles. The maximum Gasteiger partial charge on any atom is 0.298 e.